The zero-order valence-corrected chi connectivity index (χ0v) is 13.1. The summed E-state index contributed by atoms with van der Waals surface area (Å²) in [6.07, 6.45) is -4.23. The minimum absolute atomic E-state index is 0.282. The number of aliphatic carboxylic acids is 1. The number of nitrogens with zero attached hydrogens (tertiary/aromatic N) is 1. The maximum Gasteiger partial charge on any atom is 0.417 e. The molecule has 0 saturated carbocycles. The van der Waals surface area contributed by atoms with Crippen LogP contribution in [0, 0.1) is 5.92 Å². The minimum Gasteiger partial charge on any atom is -0.481 e. The van der Waals surface area contributed by atoms with E-state index in [1.165, 1.54) is 6.07 Å². The van der Waals surface area contributed by atoms with Gasteiger partial charge in [0.1, 0.15) is 0 Å². The Hall–Kier alpha value is -1.61. The van der Waals surface area contributed by atoms with Crippen LogP contribution in [0.15, 0.2) is 29.2 Å². The van der Waals surface area contributed by atoms with Gasteiger partial charge in [-0.2, -0.15) is 17.5 Å². The molecular weight excluding hydrogens is 335 g/mol. The van der Waals surface area contributed by atoms with Gasteiger partial charge in [0.25, 0.3) is 0 Å². The lowest BCUT2D eigenvalue weighted by molar-refractivity contribution is -0.143. The van der Waals surface area contributed by atoms with E-state index >= 15 is 0 Å². The second-order valence-corrected chi connectivity index (χ2v) is 7.39. The zero-order chi connectivity index (χ0) is 17.4. The first-order chi connectivity index (χ1) is 10.5. The van der Waals surface area contributed by atoms with Crippen molar-refractivity contribution in [2.45, 2.75) is 36.9 Å². The lowest BCUT2D eigenvalue weighted by atomic mass is 9.96. The first-order valence-corrected chi connectivity index (χ1v) is 8.40. The SMILES string of the molecule is CC1CCC(C(=O)O)CN1S(=O)(=O)c1ccccc1C(F)(F)F. The Labute approximate surface area is 131 Å². The summed E-state index contributed by atoms with van der Waals surface area (Å²) >= 11 is 0. The average Bonchev–Trinajstić information content (AvgIpc) is 2.46. The summed E-state index contributed by atoms with van der Waals surface area (Å²) in [4.78, 5) is 10.3. The molecule has 0 radical (unpaired) electrons. The summed E-state index contributed by atoms with van der Waals surface area (Å²) in [5.74, 6) is -2.07. The summed E-state index contributed by atoms with van der Waals surface area (Å²) in [5, 5.41) is 9.06. The predicted octanol–water partition coefficient (Wildman–Crippen LogP) is 2.58. The zero-order valence-electron chi connectivity index (χ0n) is 12.2. The Balaban J connectivity index is 2.48. The number of rotatable bonds is 3. The summed E-state index contributed by atoms with van der Waals surface area (Å²) in [7, 11) is -4.44. The van der Waals surface area contributed by atoms with Crippen molar-refractivity contribution in [2.24, 2.45) is 5.92 Å². The van der Waals surface area contributed by atoms with Gasteiger partial charge >= 0.3 is 12.1 Å². The number of benzene rings is 1. The molecule has 1 N–H and O–H groups in total. The molecule has 0 aliphatic carbocycles. The molecule has 2 unspecified atom stereocenters. The van der Waals surface area contributed by atoms with Crippen molar-refractivity contribution in [1.82, 2.24) is 4.31 Å². The van der Waals surface area contributed by atoms with Crippen molar-refractivity contribution in [3.05, 3.63) is 29.8 Å². The van der Waals surface area contributed by atoms with E-state index in [2.05, 4.69) is 0 Å². The Kier molecular flexibility index (Phi) is 4.72. The number of alkyl halides is 3. The van der Waals surface area contributed by atoms with Gasteiger partial charge < -0.3 is 5.11 Å². The first-order valence-electron chi connectivity index (χ1n) is 6.96. The highest BCUT2D eigenvalue weighted by molar-refractivity contribution is 7.89. The molecule has 128 valence electrons. The van der Waals surface area contributed by atoms with E-state index in [4.69, 9.17) is 5.11 Å². The van der Waals surface area contributed by atoms with Crippen LogP contribution in [-0.2, 0) is 21.0 Å². The van der Waals surface area contributed by atoms with Crippen LogP contribution in [-0.4, -0.2) is 36.4 Å². The average molecular weight is 351 g/mol. The molecule has 23 heavy (non-hydrogen) atoms. The van der Waals surface area contributed by atoms with Crippen LogP contribution in [0.4, 0.5) is 13.2 Å². The summed E-state index contributed by atoms with van der Waals surface area (Å²) in [6.45, 7) is 1.23. The van der Waals surface area contributed by atoms with Crippen LogP contribution in [0.2, 0.25) is 0 Å². The molecule has 0 spiro atoms. The highest BCUT2D eigenvalue weighted by Crippen LogP contribution is 2.37. The molecule has 5 nitrogen and oxygen atoms in total. The van der Waals surface area contributed by atoms with Gasteiger partial charge in [-0.15, -0.1) is 0 Å². The number of hydrogen-bond donors (Lipinski definition) is 1. The number of sulfonamides is 1. The lowest BCUT2D eigenvalue weighted by Gasteiger charge is -2.35. The molecule has 1 heterocycles. The van der Waals surface area contributed by atoms with E-state index in [9.17, 15) is 26.4 Å². The second kappa shape index (κ2) is 6.12. The van der Waals surface area contributed by atoms with Gasteiger partial charge in [0.15, 0.2) is 0 Å². The Morgan fingerprint density at radius 1 is 1.26 bits per heavy atom. The largest absolute Gasteiger partial charge is 0.481 e. The number of carbonyl (C=O) groups is 1. The van der Waals surface area contributed by atoms with Gasteiger partial charge in [0.05, 0.1) is 16.4 Å². The van der Waals surface area contributed by atoms with Crippen molar-refractivity contribution in [1.29, 1.82) is 0 Å². The van der Waals surface area contributed by atoms with Gasteiger partial charge in [-0.3, -0.25) is 4.79 Å². The van der Waals surface area contributed by atoms with Crippen molar-refractivity contribution in [2.75, 3.05) is 6.54 Å². The predicted molar refractivity (Wildman–Crippen MR) is 75.2 cm³/mol. The third kappa shape index (κ3) is 3.50. The minimum atomic E-state index is -4.81. The Bertz CT molecular complexity index is 702. The van der Waals surface area contributed by atoms with E-state index in [0.29, 0.717) is 12.5 Å². The van der Waals surface area contributed by atoms with E-state index in [0.717, 1.165) is 16.4 Å². The molecule has 0 aromatic heterocycles. The topological polar surface area (TPSA) is 74.7 Å². The van der Waals surface area contributed by atoms with Gasteiger partial charge in [0, 0.05) is 12.6 Å². The molecule has 0 amide bonds. The van der Waals surface area contributed by atoms with E-state index in [1.54, 1.807) is 6.92 Å². The van der Waals surface area contributed by atoms with Crippen molar-refractivity contribution >= 4 is 16.0 Å². The fourth-order valence-corrected chi connectivity index (χ4v) is 4.58. The molecular formula is C14H16F3NO4S. The van der Waals surface area contributed by atoms with Gasteiger partial charge in [-0.1, -0.05) is 12.1 Å². The van der Waals surface area contributed by atoms with Crippen LogP contribution < -0.4 is 0 Å². The van der Waals surface area contributed by atoms with Crippen molar-refractivity contribution in [3.8, 4) is 0 Å². The Morgan fingerprint density at radius 3 is 2.43 bits per heavy atom. The van der Waals surface area contributed by atoms with E-state index < -0.39 is 44.6 Å². The van der Waals surface area contributed by atoms with Crippen molar-refractivity contribution in [3.63, 3.8) is 0 Å². The Morgan fingerprint density at radius 2 is 1.87 bits per heavy atom. The molecule has 1 aromatic rings. The molecule has 1 aliphatic heterocycles. The molecule has 9 heteroatoms. The molecule has 1 saturated heterocycles. The number of carboxylic acids is 1. The quantitative estimate of drug-likeness (QED) is 0.908. The first kappa shape index (κ1) is 17.7. The summed E-state index contributed by atoms with van der Waals surface area (Å²) < 4.78 is 65.4. The normalized spacial score (nSPS) is 23.7. The number of piperidine rings is 1. The molecule has 1 aliphatic rings. The fraction of sp³-hybridized carbons (Fsp3) is 0.500. The fourth-order valence-electron chi connectivity index (χ4n) is 2.66. The highest BCUT2D eigenvalue weighted by atomic mass is 32.2. The number of carboxylic acid groups (broad SMARTS) is 1. The maximum absolute atomic E-state index is 13.1. The van der Waals surface area contributed by atoms with Gasteiger partial charge in [-0.05, 0) is 31.9 Å². The maximum atomic E-state index is 13.1. The van der Waals surface area contributed by atoms with Crippen LogP contribution in [0.1, 0.15) is 25.3 Å². The summed E-state index contributed by atoms with van der Waals surface area (Å²) in [5.41, 5.74) is -1.25. The molecule has 2 rings (SSSR count). The van der Waals surface area contributed by atoms with E-state index in [-0.39, 0.29) is 13.0 Å². The smallest absolute Gasteiger partial charge is 0.417 e. The molecule has 2 atom stereocenters. The van der Waals surface area contributed by atoms with Gasteiger partial charge in [0.2, 0.25) is 10.0 Å². The van der Waals surface area contributed by atoms with Crippen LogP contribution >= 0.6 is 0 Å². The standard InChI is InChI=1S/C14H16F3NO4S/c1-9-6-7-10(13(19)20)8-18(9)23(21,22)12-5-3-2-4-11(12)14(15,16)17/h2-5,9-10H,6-8H2,1H3,(H,19,20). The van der Waals surface area contributed by atoms with Gasteiger partial charge in [-0.25, -0.2) is 8.42 Å². The third-order valence-corrected chi connectivity index (χ3v) is 5.99. The third-order valence-electron chi connectivity index (χ3n) is 3.95. The molecule has 0 bridgehead atoms. The van der Waals surface area contributed by atoms with E-state index in [1.807, 2.05) is 0 Å². The van der Waals surface area contributed by atoms with Crippen LogP contribution in [0.25, 0.3) is 0 Å². The second-order valence-electron chi connectivity index (χ2n) is 5.53. The lowest BCUT2D eigenvalue weighted by Crippen LogP contribution is -2.47. The highest BCUT2D eigenvalue weighted by Gasteiger charge is 2.42. The molecule has 1 aromatic carbocycles. The van der Waals surface area contributed by atoms with Crippen molar-refractivity contribution < 1.29 is 31.5 Å². The van der Waals surface area contributed by atoms with Crippen LogP contribution in [0.5, 0.6) is 0 Å². The number of halogens is 3. The summed E-state index contributed by atoms with van der Waals surface area (Å²) in [6, 6.07) is 3.37. The molecule has 1 fully saturated rings. The van der Waals surface area contributed by atoms with Crippen LogP contribution in [0.3, 0.4) is 0 Å². The monoisotopic (exact) mass is 351 g/mol. The number of hydrogen-bond acceptors (Lipinski definition) is 3.